The Bertz CT molecular complexity index is 388. The van der Waals surface area contributed by atoms with Gasteiger partial charge >= 0.3 is 0 Å². The van der Waals surface area contributed by atoms with E-state index in [4.69, 9.17) is 0 Å². The van der Waals surface area contributed by atoms with Gasteiger partial charge in [-0.25, -0.2) is 4.39 Å². The van der Waals surface area contributed by atoms with Gasteiger partial charge in [0.25, 0.3) is 0 Å². The lowest BCUT2D eigenvalue weighted by atomic mass is 9.97. The maximum Gasteiger partial charge on any atom is 0.136 e. The summed E-state index contributed by atoms with van der Waals surface area (Å²) in [5.41, 5.74) is -0.298. The van der Waals surface area contributed by atoms with Crippen LogP contribution in [0.15, 0.2) is 29.2 Å². The van der Waals surface area contributed by atoms with E-state index in [-0.39, 0.29) is 23.2 Å². The Labute approximate surface area is 119 Å². The molecule has 2 unspecified atom stereocenters. The highest BCUT2D eigenvalue weighted by atomic mass is 32.2. The lowest BCUT2D eigenvalue weighted by molar-refractivity contribution is 0.166. The molecule has 0 spiro atoms. The molecule has 2 nitrogen and oxygen atoms in total. The molecule has 0 fully saturated rings. The Morgan fingerprint density at radius 1 is 1.42 bits per heavy atom. The zero-order chi connectivity index (χ0) is 14.3. The summed E-state index contributed by atoms with van der Waals surface area (Å²) in [6.07, 6.45) is 1.83. The van der Waals surface area contributed by atoms with E-state index in [0.29, 0.717) is 4.90 Å². The van der Waals surface area contributed by atoms with Crippen LogP contribution in [0.5, 0.6) is 0 Å². The number of aliphatic hydroxyl groups excluding tert-OH is 1. The van der Waals surface area contributed by atoms with Crippen molar-refractivity contribution in [3.63, 3.8) is 0 Å². The number of nitrogens with one attached hydrogen (secondary N) is 1. The molecule has 1 aromatic rings. The second-order valence-electron chi connectivity index (χ2n) is 5.21. The molecular weight excluding hydrogens is 261 g/mol. The molecular formula is C15H24FNOS. The fourth-order valence-electron chi connectivity index (χ4n) is 2.05. The zero-order valence-electron chi connectivity index (χ0n) is 11.9. The Morgan fingerprint density at radius 2 is 2.11 bits per heavy atom. The molecule has 108 valence electrons. The quantitative estimate of drug-likeness (QED) is 0.718. The molecule has 0 saturated heterocycles. The van der Waals surface area contributed by atoms with E-state index >= 15 is 0 Å². The number of halogens is 1. The van der Waals surface area contributed by atoms with Gasteiger partial charge in [0.05, 0.1) is 6.61 Å². The van der Waals surface area contributed by atoms with Crippen LogP contribution in [0.1, 0.15) is 33.6 Å². The van der Waals surface area contributed by atoms with Crippen LogP contribution in [0.2, 0.25) is 0 Å². The Balaban J connectivity index is 2.58. The number of hydrogen-bond acceptors (Lipinski definition) is 3. The standard InChI is InChI=1S/C15H24FNOS/c1-4-9-17-15(3,11-18)10-12(2)19-14-8-6-5-7-13(14)16/h5-8,12,17-18H,4,9-11H2,1-3H3. The van der Waals surface area contributed by atoms with Crippen LogP contribution in [0, 0.1) is 5.82 Å². The van der Waals surface area contributed by atoms with Crippen molar-refractivity contribution < 1.29 is 9.50 Å². The lowest BCUT2D eigenvalue weighted by Gasteiger charge is -2.31. The zero-order valence-corrected chi connectivity index (χ0v) is 12.8. The molecule has 19 heavy (non-hydrogen) atoms. The molecule has 2 N–H and O–H groups in total. The van der Waals surface area contributed by atoms with E-state index < -0.39 is 0 Å². The highest BCUT2D eigenvalue weighted by Gasteiger charge is 2.25. The van der Waals surface area contributed by atoms with Gasteiger partial charge in [0.1, 0.15) is 5.82 Å². The van der Waals surface area contributed by atoms with Crippen molar-refractivity contribution in [2.75, 3.05) is 13.2 Å². The highest BCUT2D eigenvalue weighted by Crippen LogP contribution is 2.30. The van der Waals surface area contributed by atoms with E-state index in [1.807, 2.05) is 13.0 Å². The average molecular weight is 285 g/mol. The second kappa shape index (κ2) is 7.88. The van der Waals surface area contributed by atoms with Crippen molar-refractivity contribution >= 4 is 11.8 Å². The molecule has 0 aliphatic carbocycles. The number of benzene rings is 1. The van der Waals surface area contributed by atoms with Crippen LogP contribution >= 0.6 is 11.8 Å². The van der Waals surface area contributed by atoms with E-state index in [2.05, 4.69) is 19.2 Å². The van der Waals surface area contributed by atoms with Gasteiger partial charge < -0.3 is 10.4 Å². The summed E-state index contributed by atoms with van der Waals surface area (Å²) in [5.74, 6) is -0.174. The van der Waals surface area contributed by atoms with E-state index in [1.165, 1.54) is 17.8 Å². The van der Waals surface area contributed by atoms with Crippen LogP contribution < -0.4 is 5.32 Å². The van der Waals surface area contributed by atoms with Crippen LogP contribution in [-0.2, 0) is 0 Å². The Hall–Kier alpha value is -0.580. The maximum atomic E-state index is 13.6. The van der Waals surface area contributed by atoms with E-state index in [0.717, 1.165) is 19.4 Å². The van der Waals surface area contributed by atoms with Crippen molar-refractivity contribution in [1.82, 2.24) is 5.32 Å². The first-order valence-electron chi connectivity index (χ1n) is 6.78. The maximum absolute atomic E-state index is 13.6. The molecule has 0 radical (unpaired) electrons. The average Bonchev–Trinajstić information content (AvgIpc) is 2.39. The summed E-state index contributed by atoms with van der Waals surface area (Å²) in [7, 11) is 0. The third-order valence-corrected chi connectivity index (χ3v) is 4.21. The molecule has 0 bridgehead atoms. The van der Waals surface area contributed by atoms with E-state index in [9.17, 15) is 9.50 Å². The fourth-order valence-corrected chi connectivity index (χ4v) is 3.28. The van der Waals surface area contributed by atoms with Crippen molar-refractivity contribution in [3.8, 4) is 0 Å². The second-order valence-corrected chi connectivity index (χ2v) is 6.69. The summed E-state index contributed by atoms with van der Waals surface area (Å²) in [5, 5.41) is 13.1. The summed E-state index contributed by atoms with van der Waals surface area (Å²) >= 11 is 1.52. The number of rotatable bonds is 8. The Kier molecular flexibility index (Phi) is 6.83. The van der Waals surface area contributed by atoms with Gasteiger partial charge in [0.2, 0.25) is 0 Å². The van der Waals surface area contributed by atoms with Gasteiger partial charge in [0.15, 0.2) is 0 Å². The van der Waals surface area contributed by atoms with Crippen molar-refractivity contribution in [1.29, 1.82) is 0 Å². The molecule has 2 atom stereocenters. The summed E-state index contributed by atoms with van der Waals surface area (Å²) in [6.45, 7) is 7.16. The summed E-state index contributed by atoms with van der Waals surface area (Å²) in [6, 6.07) is 6.82. The predicted molar refractivity (Wildman–Crippen MR) is 80.1 cm³/mol. The van der Waals surface area contributed by atoms with Gasteiger partial charge in [-0.3, -0.25) is 0 Å². The monoisotopic (exact) mass is 285 g/mol. The van der Waals surface area contributed by atoms with Crippen LogP contribution in [0.3, 0.4) is 0 Å². The molecule has 1 aromatic carbocycles. The number of aliphatic hydroxyl groups is 1. The Morgan fingerprint density at radius 3 is 2.68 bits per heavy atom. The highest BCUT2D eigenvalue weighted by molar-refractivity contribution is 8.00. The minimum Gasteiger partial charge on any atom is -0.394 e. The van der Waals surface area contributed by atoms with Gasteiger partial charge in [-0.05, 0) is 38.4 Å². The minimum atomic E-state index is -0.298. The predicted octanol–water partition coefficient (Wildman–Crippen LogP) is 3.45. The molecule has 0 aliphatic rings. The third-order valence-electron chi connectivity index (χ3n) is 3.05. The normalized spacial score (nSPS) is 16.1. The number of thioether (sulfide) groups is 1. The first-order valence-corrected chi connectivity index (χ1v) is 7.66. The fraction of sp³-hybridized carbons (Fsp3) is 0.600. The first-order chi connectivity index (χ1) is 9.00. The third kappa shape index (κ3) is 5.51. The lowest BCUT2D eigenvalue weighted by Crippen LogP contribution is -2.47. The van der Waals surface area contributed by atoms with Crippen LogP contribution in [-0.4, -0.2) is 29.0 Å². The van der Waals surface area contributed by atoms with Gasteiger partial charge in [0, 0.05) is 15.7 Å². The van der Waals surface area contributed by atoms with Gasteiger partial charge in [-0.2, -0.15) is 0 Å². The van der Waals surface area contributed by atoms with Crippen LogP contribution in [0.4, 0.5) is 4.39 Å². The van der Waals surface area contributed by atoms with Crippen molar-refractivity contribution in [2.45, 2.75) is 49.3 Å². The van der Waals surface area contributed by atoms with Crippen molar-refractivity contribution in [2.24, 2.45) is 0 Å². The molecule has 0 aromatic heterocycles. The molecule has 0 saturated carbocycles. The summed E-state index contributed by atoms with van der Waals surface area (Å²) < 4.78 is 13.6. The van der Waals surface area contributed by atoms with E-state index in [1.54, 1.807) is 12.1 Å². The molecule has 1 rings (SSSR count). The molecule has 4 heteroatoms. The summed E-state index contributed by atoms with van der Waals surface area (Å²) in [4.78, 5) is 0.672. The number of hydrogen-bond donors (Lipinski definition) is 2. The van der Waals surface area contributed by atoms with Gasteiger partial charge in [-0.15, -0.1) is 11.8 Å². The van der Waals surface area contributed by atoms with Gasteiger partial charge in [-0.1, -0.05) is 26.0 Å². The topological polar surface area (TPSA) is 32.3 Å². The van der Waals surface area contributed by atoms with Crippen LogP contribution in [0.25, 0.3) is 0 Å². The largest absolute Gasteiger partial charge is 0.394 e. The SMILES string of the molecule is CCCNC(C)(CO)CC(C)Sc1ccccc1F. The minimum absolute atomic E-state index is 0.0924. The molecule has 0 heterocycles. The molecule has 0 amide bonds. The first kappa shape index (κ1) is 16.5. The molecule has 0 aliphatic heterocycles. The van der Waals surface area contributed by atoms with Crippen molar-refractivity contribution in [3.05, 3.63) is 30.1 Å². The smallest absolute Gasteiger partial charge is 0.136 e.